The van der Waals surface area contributed by atoms with Crippen molar-refractivity contribution in [1.29, 1.82) is 0 Å². The van der Waals surface area contributed by atoms with E-state index in [1.54, 1.807) is 30.3 Å². The van der Waals surface area contributed by atoms with Crippen molar-refractivity contribution in [2.24, 2.45) is 5.41 Å². The molecule has 14 heteroatoms. The first kappa shape index (κ1) is 31.6. The molecule has 1 fully saturated rings. The number of aromatic nitrogens is 2. The third kappa shape index (κ3) is 5.49. The van der Waals surface area contributed by atoms with E-state index in [1.807, 2.05) is 0 Å². The Morgan fingerprint density at radius 3 is 2.54 bits per heavy atom. The van der Waals surface area contributed by atoms with Crippen LogP contribution in [-0.4, -0.2) is 39.7 Å². The molecule has 2 aromatic heterocycles. The number of halogens is 7. The Labute approximate surface area is 265 Å². The molecule has 2 aliphatic rings. The normalized spacial score (nSPS) is 16.7. The van der Waals surface area contributed by atoms with E-state index in [0.717, 1.165) is 13.8 Å². The number of anilines is 2. The topological polar surface area (TPSA) is 77.1 Å². The first-order valence-corrected chi connectivity index (χ1v) is 14.6. The number of benzene rings is 2. The quantitative estimate of drug-likeness (QED) is 0.109. The molecule has 4 aromatic rings. The first-order chi connectivity index (χ1) is 21.8. The molecular formula is C32H28ClF6N7. The molecule has 4 N–H and O–H groups in total. The van der Waals surface area contributed by atoms with Gasteiger partial charge >= 0.3 is 6.18 Å². The van der Waals surface area contributed by atoms with Crippen LogP contribution in [0.15, 0.2) is 60.7 Å². The maximum absolute atomic E-state index is 14.8. The summed E-state index contributed by atoms with van der Waals surface area (Å²) in [5.41, 5.74) is 4.60. The van der Waals surface area contributed by atoms with Gasteiger partial charge in [-0.15, -0.1) is 12.0 Å². The van der Waals surface area contributed by atoms with Crippen molar-refractivity contribution >= 4 is 44.8 Å². The third-order valence-electron chi connectivity index (χ3n) is 8.48. The predicted molar refractivity (Wildman–Crippen MR) is 165 cm³/mol. The van der Waals surface area contributed by atoms with Gasteiger partial charge in [-0.05, 0) is 56.5 Å². The number of nitrogens with one attached hydrogen (secondary N) is 4. The molecule has 1 atom stereocenters. The van der Waals surface area contributed by atoms with Crippen LogP contribution in [0.1, 0.15) is 43.9 Å². The molecule has 0 unspecified atom stereocenters. The molecule has 0 bridgehead atoms. The molecule has 1 aliphatic heterocycles. The first-order valence-electron chi connectivity index (χ1n) is 14.3. The lowest BCUT2D eigenvalue weighted by molar-refractivity contribution is -0.206. The highest BCUT2D eigenvalue weighted by molar-refractivity contribution is 6.35. The highest BCUT2D eigenvalue weighted by atomic mass is 35.5. The lowest BCUT2D eigenvalue weighted by Gasteiger charge is -2.29. The van der Waals surface area contributed by atoms with Crippen molar-refractivity contribution in [3.8, 4) is 12.3 Å². The minimum Gasteiger partial charge on any atom is -0.383 e. The summed E-state index contributed by atoms with van der Waals surface area (Å²) in [5, 5.41) is 8.57. The van der Waals surface area contributed by atoms with E-state index in [2.05, 4.69) is 37.5 Å². The van der Waals surface area contributed by atoms with Crippen molar-refractivity contribution in [2.75, 3.05) is 17.2 Å². The molecule has 6 rings (SSSR count). The monoisotopic (exact) mass is 659 g/mol. The largest absolute Gasteiger partial charge is 0.395 e. The number of nitrogens with zero attached hydrogens (tertiary/aromatic N) is 3. The van der Waals surface area contributed by atoms with Crippen molar-refractivity contribution in [1.82, 2.24) is 25.9 Å². The summed E-state index contributed by atoms with van der Waals surface area (Å²) in [5.74, 6) is 1.92. The molecule has 3 heterocycles. The van der Waals surface area contributed by atoms with Crippen LogP contribution in [0, 0.1) is 23.6 Å². The molecular weight excluding hydrogens is 632 g/mol. The van der Waals surface area contributed by atoms with Gasteiger partial charge in [0.25, 0.3) is 6.43 Å². The van der Waals surface area contributed by atoms with Gasteiger partial charge in [0.2, 0.25) is 0 Å². The second-order valence-electron chi connectivity index (χ2n) is 12.0. The molecule has 0 spiro atoms. The second kappa shape index (κ2) is 11.4. The Morgan fingerprint density at radius 1 is 1.11 bits per heavy atom. The Bertz CT molecular complexity index is 1900. The Morgan fingerprint density at radius 2 is 1.87 bits per heavy atom. The van der Waals surface area contributed by atoms with Crippen molar-refractivity contribution in [3.05, 3.63) is 82.7 Å². The van der Waals surface area contributed by atoms with Crippen molar-refractivity contribution in [3.63, 3.8) is 0 Å². The van der Waals surface area contributed by atoms with Gasteiger partial charge in [-0.1, -0.05) is 29.7 Å². The van der Waals surface area contributed by atoms with Crippen LogP contribution in [0.3, 0.4) is 0 Å². The van der Waals surface area contributed by atoms with Gasteiger partial charge in [0.1, 0.15) is 16.9 Å². The number of rotatable bonds is 9. The maximum Gasteiger partial charge on any atom is 0.395 e. The van der Waals surface area contributed by atoms with E-state index < -0.39 is 42.0 Å². The van der Waals surface area contributed by atoms with E-state index in [0.29, 0.717) is 33.2 Å². The smallest absolute Gasteiger partial charge is 0.383 e. The average Bonchev–Trinajstić information content (AvgIpc) is 3.69. The summed E-state index contributed by atoms with van der Waals surface area (Å²) < 4.78 is 83.8. The van der Waals surface area contributed by atoms with E-state index >= 15 is 0 Å². The zero-order chi connectivity index (χ0) is 33.0. The number of pyridine rings is 2. The predicted octanol–water partition coefficient (Wildman–Crippen LogP) is 7.67. The zero-order valence-electron chi connectivity index (χ0n) is 24.5. The SMILES string of the molecule is C#Cc1cnc2c(Cl)cc(N[C@H](C3=CN(C4(C(F)F)CC4)NN3)c3ccc(F)c4ncccc34)cc2c1NCC(C)(C)C(F)(F)F. The Kier molecular flexibility index (Phi) is 7.85. The number of hydrogen-bond acceptors (Lipinski definition) is 7. The summed E-state index contributed by atoms with van der Waals surface area (Å²) >= 11 is 6.67. The van der Waals surface area contributed by atoms with Crippen LogP contribution in [0.5, 0.6) is 0 Å². The summed E-state index contributed by atoms with van der Waals surface area (Å²) in [4.78, 5) is 8.53. The highest BCUT2D eigenvalue weighted by Gasteiger charge is 2.56. The summed E-state index contributed by atoms with van der Waals surface area (Å²) in [6.45, 7) is 1.66. The molecule has 0 saturated heterocycles. The minimum atomic E-state index is -4.49. The van der Waals surface area contributed by atoms with Crippen LogP contribution in [-0.2, 0) is 0 Å². The number of alkyl halides is 5. The summed E-state index contributed by atoms with van der Waals surface area (Å²) in [7, 11) is 0. The zero-order valence-corrected chi connectivity index (χ0v) is 25.3. The molecule has 7 nitrogen and oxygen atoms in total. The van der Waals surface area contributed by atoms with Crippen LogP contribution >= 0.6 is 11.6 Å². The Balaban J connectivity index is 1.46. The fourth-order valence-electron chi connectivity index (χ4n) is 5.36. The molecule has 1 aliphatic carbocycles. The lowest BCUT2D eigenvalue weighted by Crippen LogP contribution is -2.48. The van der Waals surface area contributed by atoms with Gasteiger partial charge in [-0.2, -0.15) is 13.2 Å². The van der Waals surface area contributed by atoms with Gasteiger partial charge in [0.05, 0.1) is 38.9 Å². The Hall–Kier alpha value is -4.41. The third-order valence-corrected chi connectivity index (χ3v) is 8.77. The fraction of sp³-hybridized carbons (Fsp3) is 0.312. The molecule has 46 heavy (non-hydrogen) atoms. The molecule has 2 aromatic carbocycles. The van der Waals surface area contributed by atoms with Gasteiger partial charge in [0, 0.05) is 41.6 Å². The van der Waals surface area contributed by atoms with E-state index in [1.165, 1.54) is 29.7 Å². The number of hydrogen-bond donors (Lipinski definition) is 4. The molecule has 0 amide bonds. The van der Waals surface area contributed by atoms with Crippen molar-refractivity contribution < 1.29 is 26.3 Å². The average molecular weight is 660 g/mol. The standard InChI is InChI=1S/C32H28ClF6N7/c1-4-17-14-41-26-21(25(17)42-16-30(2,3)32(37,38)39)12-18(13-22(26)33)43-28(20-7-8-23(34)27-19(20)6-5-11-40-27)24-15-46(45-44-24)31(9-10-31)29(35)36/h1,5-8,11-15,28-29,43-45H,9-10,16H2,2-3H3,(H,41,42)/t28-/m0/s1. The minimum absolute atomic E-state index is 0.111. The van der Waals surface area contributed by atoms with Crippen LogP contribution in [0.4, 0.5) is 37.7 Å². The lowest BCUT2D eigenvalue weighted by atomic mass is 9.92. The van der Waals surface area contributed by atoms with E-state index in [4.69, 9.17) is 18.0 Å². The van der Waals surface area contributed by atoms with E-state index in [-0.39, 0.29) is 34.6 Å². The number of hydrazine groups is 2. The van der Waals surface area contributed by atoms with Gasteiger partial charge in [-0.25, -0.2) is 13.2 Å². The number of fused-ring (bicyclic) bond motifs is 2. The van der Waals surface area contributed by atoms with Crippen molar-refractivity contribution in [2.45, 2.75) is 50.9 Å². The fourth-order valence-corrected chi connectivity index (χ4v) is 5.63. The maximum atomic E-state index is 14.8. The second-order valence-corrected chi connectivity index (χ2v) is 12.4. The van der Waals surface area contributed by atoms with Crippen LogP contribution < -0.4 is 21.6 Å². The molecule has 1 saturated carbocycles. The highest BCUT2D eigenvalue weighted by Crippen LogP contribution is 2.47. The van der Waals surface area contributed by atoms with E-state index in [9.17, 15) is 26.3 Å². The van der Waals surface area contributed by atoms with Gasteiger partial charge < -0.3 is 16.1 Å². The summed E-state index contributed by atoms with van der Waals surface area (Å²) in [6.07, 6.45) is 3.54. The van der Waals surface area contributed by atoms with Crippen LogP contribution in [0.25, 0.3) is 21.8 Å². The van der Waals surface area contributed by atoms with Gasteiger partial charge in [0.15, 0.2) is 0 Å². The number of terminal acetylenes is 1. The molecule has 240 valence electrons. The van der Waals surface area contributed by atoms with Gasteiger partial charge in [-0.3, -0.25) is 15.0 Å². The molecule has 0 radical (unpaired) electrons. The summed E-state index contributed by atoms with van der Waals surface area (Å²) in [6, 6.07) is 8.60. The van der Waals surface area contributed by atoms with Crippen LogP contribution in [0.2, 0.25) is 5.02 Å².